The molecule has 18 heavy (non-hydrogen) atoms. The number of aliphatic carboxylic acids is 1. The van der Waals surface area contributed by atoms with Crippen molar-refractivity contribution in [1.82, 2.24) is 0 Å². The molecule has 98 valence electrons. The zero-order chi connectivity index (χ0) is 13.2. The van der Waals surface area contributed by atoms with Gasteiger partial charge >= 0.3 is 5.97 Å². The van der Waals surface area contributed by atoms with Crippen LogP contribution < -0.4 is 9.47 Å². The summed E-state index contributed by atoms with van der Waals surface area (Å²) < 4.78 is 10.9. The molecule has 2 rings (SSSR count). The predicted octanol–water partition coefficient (Wildman–Crippen LogP) is 2.60. The lowest BCUT2D eigenvalue weighted by atomic mass is 9.91. The van der Waals surface area contributed by atoms with Gasteiger partial charge in [-0.2, -0.15) is 0 Å². The molecule has 4 nitrogen and oxygen atoms in total. The van der Waals surface area contributed by atoms with E-state index in [0.29, 0.717) is 18.1 Å². The van der Waals surface area contributed by atoms with E-state index in [2.05, 4.69) is 0 Å². The van der Waals surface area contributed by atoms with Crippen molar-refractivity contribution < 1.29 is 19.4 Å². The van der Waals surface area contributed by atoms with Crippen molar-refractivity contribution >= 4 is 5.97 Å². The van der Waals surface area contributed by atoms with E-state index in [-0.39, 0.29) is 11.8 Å². The van der Waals surface area contributed by atoms with Crippen LogP contribution in [0.4, 0.5) is 0 Å². The van der Waals surface area contributed by atoms with Gasteiger partial charge in [0.1, 0.15) is 0 Å². The number of ether oxygens (including phenoxy) is 2. The summed E-state index contributed by atoms with van der Waals surface area (Å²) >= 11 is 0. The Morgan fingerprint density at radius 2 is 2.17 bits per heavy atom. The van der Waals surface area contributed by atoms with E-state index in [1.807, 2.05) is 25.1 Å². The molecule has 4 heteroatoms. The first kappa shape index (κ1) is 12.7. The van der Waals surface area contributed by atoms with Crippen LogP contribution >= 0.6 is 0 Å². The quantitative estimate of drug-likeness (QED) is 0.843. The zero-order valence-corrected chi connectivity index (χ0v) is 10.7. The van der Waals surface area contributed by atoms with E-state index < -0.39 is 5.97 Å². The number of carbonyl (C=O) groups is 1. The maximum Gasteiger partial charge on any atom is 0.304 e. The molecular formula is C14H18O4. The van der Waals surface area contributed by atoms with Gasteiger partial charge in [0, 0.05) is 11.0 Å². The summed E-state index contributed by atoms with van der Waals surface area (Å²) in [5, 5.41) is 9.03. The molecule has 0 spiro atoms. The van der Waals surface area contributed by atoms with Gasteiger partial charge in [0.15, 0.2) is 11.5 Å². The summed E-state index contributed by atoms with van der Waals surface area (Å²) in [4.78, 5) is 11.0. The lowest BCUT2D eigenvalue weighted by Crippen LogP contribution is -2.15. The molecule has 0 radical (unpaired) electrons. The van der Waals surface area contributed by atoms with Gasteiger partial charge in [0.05, 0.1) is 20.1 Å². The molecule has 1 N–H and O–H groups in total. The fraction of sp³-hybridized carbons (Fsp3) is 0.500. The number of rotatable bonds is 6. The van der Waals surface area contributed by atoms with Gasteiger partial charge in [-0.05, 0) is 25.8 Å². The highest BCUT2D eigenvalue weighted by Crippen LogP contribution is 2.55. The van der Waals surface area contributed by atoms with Gasteiger partial charge in [-0.15, -0.1) is 0 Å². The summed E-state index contributed by atoms with van der Waals surface area (Å²) in [6.07, 6.45) is 1.94. The minimum absolute atomic E-state index is 0.153. The van der Waals surface area contributed by atoms with Crippen LogP contribution in [0.5, 0.6) is 11.5 Å². The monoisotopic (exact) mass is 250 g/mol. The van der Waals surface area contributed by atoms with Crippen molar-refractivity contribution in [3.63, 3.8) is 0 Å². The Bertz CT molecular complexity index is 449. The summed E-state index contributed by atoms with van der Waals surface area (Å²) in [5.74, 6) is 0.602. The third-order valence-electron chi connectivity index (χ3n) is 3.40. The van der Waals surface area contributed by atoms with Crippen LogP contribution in [0.15, 0.2) is 18.2 Å². The molecule has 0 amide bonds. The number of carboxylic acids is 1. The standard InChI is InChI=1S/C14H18O4/c1-3-18-13-10(5-4-6-11(13)17-2)14(7-8-14)9-12(15)16/h4-6H,3,7-9H2,1-2H3,(H,15,16). The second-order valence-electron chi connectivity index (χ2n) is 4.62. The second-order valence-corrected chi connectivity index (χ2v) is 4.62. The van der Waals surface area contributed by atoms with Crippen molar-refractivity contribution in [2.45, 2.75) is 31.6 Å². The SMILES string of the molecule is CCOc1c(OC)cccc1C1(CC(=O)O)CC1. The first-order chi connectivity index (χ1) is 8.63. The van der Waals surface area contributed by atoms with Crippen molar-refractivity contribution in [2.75, 3.05) is 13.7 Å². The molecule has 0 heterocycles. The Kier molecular flexibility index (Phi) is 3.45. The van der Waals surface area contributed by atoms with Gasteiger partial charge in [-0.1, -0.05) is 12.1 Å². The predicted molar refractivity (Wildman–Crippen MR) is 67.3 cm³/mol. The number of para-hydroxylation sites is 1. The van der Waals surface area contributed by atoms with Crippen LogP contribution in [-0.4, -0.2) is 24.8 Å². The molecule has 0 aromatic heterocycles. The second kappa shape index (κ2) is 4.88. The van der Waals surface area contributed by atoms with Crippen LogP contribution in [0.25, 0.3) is 0 Å². The molecule has 1 aromatic carbocycles. The number of methoxy groups -OCH3 is 1. The molecule has 1 saturated carbocycles. The van der Waals surface area contributed by atoms with Crippen LogP contribution in [0.2, 0.25) is 0 Å². The molecule has 0 unspecified atom stereocenters. The third kappa shape index (κ3) is 2.28. The van der Waals surface area contributed by atoms with Gasteiger partial charge < -0.3 is 14.6 Å². The first-order valence-corrected chi connectivity index (χ1v) is 6.15. The summed E-state index contributed by atoms with van der Waals surface area (Å²) in [5.41, 5.74) is 0.705. The van der Waals surface area contributed by atoms with E-state index in [0.717, 1.165) is 18.4 Å². The maximum absolute atomic E-state index is 11.0. The fourth-order valence-corrected chi connectivity index (χ4v) is 2.37. The lowest BCUT2D eigenvalue weighted by Gasteiger charge is -2.19. The maximum atomic E-state index is 11.0. The Morgan fingerprint density at radius 3 is 2.67 bits per heavy atom. The van der Waals surface area contributed by atoms with Crippen LogP contribution in [0.1, 0.15) is 31.7 Å². The minimum Gasteiger partial charge on any atom is -0.493 e. The summed E-state index contributed by atoms with van der Waals surface area (Å²) in [6.45, 7) is 2.45. The summed E-state index contributed by atoms with van der Waals surface area (Å²) in [6, 6.07) is 5.67. The van der Waals surface area contributed by atoms with Crippen LogP contribution in [-0.2, 0) is 10.2 Å². The van der Waals surface area contributed by atoms with Crippen molar-refractivity contribution in [2.24, 2.45) is 0 Å². The molecule has 1 aliphatic rings. The number of carboxylic acid groups (broad SMARTS) is 1. The normalized spacial score (nSPS) is 16.1. The van der Waals surface area contributed by atoms with Crippen molar-refractivity contribution in [3.8, 4) is 11.5 Å². The minimum atomic E-state index is -0.766. The van der Waals surface area contributed by atoms with Gasteiger partial charge in [0.25, 0.3) is 0 Å². The summed E-state index contributed by atoms with van der Waals surface area (Å²) in [7, 11) is 1.60. The highest BCUT2D eigenvalue weighted by molar-refractivity contribution is 5.71. The zero-order valence-electron chi connectivity index (χ0n) is 10.7. The number of benzene rings is 1. The molecular weight excluding hydrogens is 232 g/mol. The van der Waals surface area contributed by atoms with Gasteiger partial charge in [-0.3, -0.25) is 4.79 Å². The van der Waals surface area contributed by atoms with Crippen molar-refractivity contribution in [1.29, 1.82) is 0 Å². The highest BCUT2D eigenvalue weighted by Gasteiger charge is 2.48. The van der Waals surface area contributed by atoms with Crippen LogP contribution in [0.3, 0.4) is 0 Å². The Labute approximate surface area is 107 Å². The van der Waals surface area contributed by atoms with Crippen molar-refractivity contribution in [3.05, 3.63) is 23.8 Å². The Morgan fingerprint density at radius 1 is 1.44 bits per heavy atom. The Hall–Kier alpha value is -1.71. The molecule has 1 fully saturated rings. The van der Waals surface area contributed by atoms with Gasteiger partial charge in [-0.25, -0.2) is 0 Å². The largest absolute Gasteiger partial charge is 0.493 e. The number of hydrogen-bond acceptors (Lipinski definition) is 3. The van der Waals surface area contributed by atoms with E-state index in [1.165, 1.54) is 0 Å². The molecule has 1 aliphatic carbocycles. The lowest BCUT2D eigenvalue weighted by molar-refractivity contribution is -0.137. The van der Waals surface area contributed by atoms with Gasteiger partial charge in [0.2, 0.25) is 0 Å². The fourth-order valence-electron chi connectivity index (χ4n) is 2.37. The molecule has 1 aromatic rings. The molecule has 0 atom stereocenters. The molecule has 0 saturated heterocycles. The first-order valence-electron chi connectivity index (χ1n) is 6.15. The topological polar surface area (TPSA) is 55.8 Å². The van der Waals surface area contributed by atoms with E-state index >= 15 is 0 Å². The average molecular weight is 250 g/mol. The highest BCUT2D eigenvalue weighted by atomic mass is 16.5. The van der Waals surface area contributed by atoms with E-state index in [4.69, 9.17) is 14.6 Å². The smallest absolute Gasteiger partial charge is 0.304 e. The molecule has 0 bridgehead atoms. The number of hydrogen-bond donors (Lipinski definition) is 1. The van der Waals surface area contributed by atoms with E-state index in [1.54, 1.807) is 7.11 Å². The van der Waals surface area contributed by atoms with Crippen LogP contribution in [0, 0.1) is 0 Å². The molecule has 0 aliphatic heterocycles. The third-order valence-corrected chi connectivity index (χ3v) is 3.40. The average Bonchev–Trinajstić information content (AvgIpc) is 3.09. The van der Waals surface area contributed by atoms with E-state index in [9.17, 15) is 4.79 Å². The Balaban J connectivity index is 2.40.